The molecule has 3 nitrogen and oxygen atoms in total. The van der Waals surface area contributed by atoms with Gasteiger partial charge in [0.25, 0.3) is 0 Å². The first-order valence-electron chi connectivity index (χ1n) is 5.27. The smallest absolute Gasteiger partial charge is 0.168 e. The lowest BCUT2D eigenvalue weighted by molar-refractivity contribution is 0.393. The van der Waals surface area contributed by atoms with Gasteiger partial charge in [-0.2, -0.15) is 0 Å². The first-order chi connectivity index (χ1) is 9.01. The molecule has 0 aliphatic carbocycles. The summed E-state index contributed by atoms with van der Waals surface area (Å²) in [5.41, 5.74) is 5.59. The van der Waals surface area contributed by atoms with Crippen LogP contribution in [0, 0.1) is 17.5 Å². The number of nitrogens with two attached hydrogens (primary N) is 1. The maximum Gasteiger partial charge on any atom is 0.168 e. The molecule has 0 heterocycles. The fraction of sp³-hybridized carbons (Fsp3) is 0.0769. The fourth-order valence-electron chi connectivity index (χ4n) is 1.48. The molecule has 0 amide bonds. The highest BCUT2D eigenvalue weighted by Gasteiger charge is 2.13. The van der Waals surface area contributed by atoms with Crippen LogP contribution in [0.2, 0.25) is 0 Å². The molecule has 2 aromatic rings. The predicted molar refractivity (Wildman–Crippen MR) is 63.8 cm³/mol. The second kappa shape index (κ2) is 5.09. The Balaban J connectivity index is 2.37. The first-order valence-corrected chi connectivity index (χ1v) is 5.27. The number of ether oxygens (including phenoxy) is 2. The van der Waals surface area contributed by atoms with Crippen molar-refractivity contribution < 1.29 is 22.6 Å². The molecule has 0 unspecified atom stereocenters. The number of hydrogen-bond acceptors (Lipinski definition) is 3. The van der Waals surface area contributed by atoms with E-state index in [1.807, 2.05) is 0 Å². The Hall–Kier alpha value is -2.37. The van der Waals surface area contributed by atoms with Crippen LogP contribution in [-0.4, -0.2) is 7.11 Å². The van der Waals surface area contributed by atoms with Crippen LogP contribution in [0.1, 0.15) is 0 Å². The van der Waals surface area contributed by atoms with Crippen LogP contribution in [-0.2, 0) is 0 Å². The molecule has 2 rings (SSSR count). The molecule has 0 radical (unpaired) electrons. The van der Waals surface area contributed by atoms with Gasteiger partial charge in [-0.1, -0.05) is 0 Å². The highest BCUT2D eigenvalue weighted by molar-refractivity contribution is 5.56. The maximum absolute atomic E-state index is 13.6. The minimum atomic E-state index is -0.935. The van der Waals surface area contributed by atoms with Gasteiger partial charge in [-0.3, -0.25) is 0 Å². The van der Waals surface area contributed by atoms with Gasteiger partial charge in [-0.05, 0) is 12.1 Å². The summed E-state index contributed by atoms with van der Waals surface area (Å²) in [4.78, 5) is 0. The van der Waals surface area contributed by atoms with Crippen LogP contribution in [0.3, 0.4) is 0 Å². The molecule has 0 saturated heterocycles. The van der Waals surface area contributed by atoms with Gasteiger partial charge in [0, 0.05) is 18.2 Å². The van der Waals surface area contributed by atoms with E-state index >= 15 is 0 Å². The second-order valence-corrected chi connectivity index (χ2v) is 3.70. The van der Waals surface area contributed by atoms with E-state index in [-0.39, 0.29) is 22.9 Å². The summed E-state index contributed by atoms with van der Waals surface area (Å²) in [6, 6.07) is 4.89. The molecule has 0 atom stereocenters. The van der Waals surface area contributed by atoms with Crippen molar-refractivity contribution in [2.75, 3.05) is 12.8 Å². The summed E-state index contributed by atoms with van der Waals surface area (Å²) in [7, 11) is 1.35. The summed E-state index contributed by atoms with van der Waals surface area (Å²) in [5.74, 6) is -2.83. The zero-order valence-electron chi connectivity index (χ0n) is 9.91. The van der Waals surface area contributed by atoms with Crippen LogP contribution in [0.5, 0.6) is 17.2 Å². The van der Waals surface area contributed by atoms with E-state index in [1.165, 1.54) is 13.2 Å². The Bertz CT molecular complexity index is 617. The molecule has 6 heteroatoms. The third kappa shape index (κ3) is 2.73. The van der Waals surface area contributed by atoms with Crippen molar-refractivity contribution in [1.29, 1.82) is 0 Å². The average Bonchev–Trinajstić information content (AvgIpc) is 2.35. The molecule has 2 N–H and O–H groups in total. The number of rotatable bonds is 3. The van der Waals surface area contributed by atoms with E-state index in [0.29, 0.717) is 6.07 Å². The van der Waals surface area contributed by atoms with Crippen molar-refractivity contribution in [3.8, 4) is 17.2 Å². The van der Waals surface area contributed by atoms with Gasteiger partial charge >= 0.3 is 0 Å². The van der Waals surface area contributed by atoms with Crippen molar-refractivity contribution >= 4 is 5.69 Å². The summed E-state index contributed by atoms with van der Waals surface area (Å²) >= 11 is 0. The number of benzene rings is 2. The monoisotopic (exact) mass is 269 g/mol. The van der Waals surface area contributed by atoms with Gasteiger partial charge in [-0.25, -0.2) is 13.2 Å². The molecule has 2 aromatic carbocycles. The highest BCUT2D eigenvalue weighted by Crippen LogP contribution is 2.33. The minimum Gasteiger partial charge on any atom is -0.494 e. The predicted octanol–water partition coefficient (Wildman–Crippen LogP) is 3.49. The molecule has 100 valence electrons. The highest BCUT2D eigenvalue weighted by atomic mass is 19.1. The van der Waals surface area contributed by atoms with Crippen LogP contribution in [0.15, 0.2) is 30.3 Å². The second-order valence-electron chi connectivity index (χ2n) is 3.70. The Labute approximate surface area is 107 Å². The summed E-state index contributed by atoms with van der Waals surface area (Å²) in [6.07, 6.45) is 0. The van der Waals surface area contributed by atoms with E-state index in [2.05, 4.69) is 0 Å². The molecular formula is C13H10F3NO2. The van der Waals surface area contributed by atoms with Gasteiger partial charge in [0.2, 0.25) is 0 Å². The third-order valence-corrected chi connectivity index (χ3v) is 2.40. The Morgan fingerprint density at radius 2 is 1.58 bits per heavy atom. The molecule has 0 aliphatic rings. The lowest BCUT2D eigenvalue weighted by Crippen LogP contribution is -1.97. The summed E-state index contributed by atoms with van der Waals surface area (Å²) in [5, 5.41) is 0. The topological polar surface area (TPSA) is 44.5 Å². The van der Waals surface area contributed by atoms with Crippen LogP contribution < -0.4 is 15.2 Å². The van der Waals surface area contributed by atoms with Crippen LogP contribution in [0.25, 0.3) is 0 Å². The normalized spacial score (nSPS) is 10.3. The molecule has 0 bridgehead atoms. The maximum atomic E-state index is 13.6. The van der Waals surface area contributed by atoms with E-state index in [0.717, 1.165) is 18.2 Å². The number of hydrogen-bond donors (Lipinski definition) is 1. The summed E-state index contributed by atoms with van der Waals surface area (Å²) < 4.78 is 49.7. The molecule has 0 spiro atoms. The lowest BCUT2D eigenvalue weighted by atomic mass is 10.2. The zero-order chi connectivity index (χ0) is 14.0. The quantitative estimate of drug-likeness (QED) is 0.867. The fourth-order valence-corrected chi connectivity index (χ4v) is 1.48. The lowest BCUT2D eigenvalue weighted by Gasteiger charge is -2.11. The number of halogens is 3. The Morgan fingerprint density at radius 3 is 2.21 bits per heavy atom. The average molecular weight is 269 g/mol. The van der Waals surface area contributed by atoms with E-state index < -0.39 is 17.5 Å². The van der Waals surface area contributed by atoms with Gasteiger partial charge in [0.05, 0.1) is 12.8 Å². The largest absolute Gasteiger partial charge is 0.494 e. The molecule has 0 aliphatic heterocycles. The van der Waals surface area contributed by atoms with Crippen molar-refractivity contribution in [2.45, 2.75) is 0 Å². The van der Waals surface area contributed by atoms with Crippen molar-refractivity contribution in [2.24, 2.45) is 0 Å². The molecule has 0 aromatic heterocycles. The SMILES string of the molecule is COc1cc(Oc2ccc(F)cc2F)c(F)cc1N. The van der Waals surface area contributed by atoms with E-state index in [9.17, 15) is 13.2 Å². The minimum absolute atomic E-state index is 0.0897. The Kier molecular flexibility index (Phi) is 3.50. The van der Waals surface area contributed by atoms with E-state index in [4.69, 9.17) is 15.2 Å². The first kappa shape index (κ1) is 13.1. The number of nitrogen functional groups attached to an aromatic ring is 1. The van der Waals surface area contributed by atoms with Crippen molar-refractivity contribution in [3.05, 3.63) is 47.8 Å². The van der Waals surface area contributed by atoms with Crippen molar-refractivity contribution in [3.63, 3.8) is 0 Å². The third-order valence-electron chi connectivity index (χ3n) is 2.40. The molecule has 0 saturated carbocycles. The van der Waals surface area contributed by atoms with Gasteiger partial charge in [0.1, 0.15) is 11.6 Å². The van der Waals surface area contributed by atoms with Crippen LogP contribution >= 0.6 is 0 Å². The zero-order valence-corrected chi connectivity index (χ0v) is 9.91. The van der Waals surface area contributed by atoms with Gasteiger partial charge in [0.15, 0.2) is 23.1 Å². The van der Waals surface area contributed by atoms with E-state index in [1.54, 1.807) is 0 Å². The standard InChI is InChI=1S/C13H10F3NO2/c1-18-13-6-12(9(16)5-10(13)17)19-11-3-2-7(14)4-8(11)15/h2-6H,17H2,1H3. The Morgan fingerprint density at radius 1 is 0.895 bits per heavy atom. The van der Waals surface area contributed by atoms with Crippen molar-refractivity contribution in [1.82, 2.24) is 0 Å². The molecule has 0 fully saturated rings. The number of anilines is 1. The van der Waals surface area contributed by atoms with Gasteiger partial charge < -0.3 is 15.2 Å². The number of methoxy groups -OCH3 is 1. The van der Waals surface area contributed by atoms with Crippen LogP contribution in [0.4, 0.5) is 18.9 Å². The molecule has 19 heavy (non-hydrogen) atoms. The summed E-state index contributed by atoms with van der Waals surface area (Å²) in [6.45, 7) is 0. The van der Waals surface area contributed by atoms with Gasteiger partial charge in [-0.15, -0.1) is 0 Å². The molecular weight excluding hydrogens is 259 g/mol.